The van der Waals surface area contributed by atoms with Crippen molar-refractivity contribution in [3.8, 4) is 0 Å². The molecule has 0 aliphatic rings. The van der Waals surface area contributed by atoms with Crippen LogP contribution in [0.15, 0.2) is 30.5 Å². The highest BCUT2D eigenvalue weighted by atomic mass is 15.3. The monoisotopic (exact) mass is 307 g/mol. The van der Waals surface area contributed by atoms with E-state index in [0.29, 0.717) is 6.54 Å². The van der Waals surface area contributed by atoms with Gasteiger partial charge in [0.15, 0.2) is 17.1 Å². The third-order valence-corrected chi connectivity index (χ3v) is 4.00. The number of anilines is 1. The zero-order valence-corrected chi connectivity index (χ0v) is 13.3. The average molecular weight is 307 g/mol. The van der Waals surface area contributed by atoms with Gasteiger partial charge < -0.3 is 5.32 Å². The Balaban J connectivity index is 1.72. The highest BCUT2D eigenvalue weighted by molar-refractivity contribution is 5.56. The van der Waals surface area contributed by atoms with Crippen LogP contribution in [0.3, 0.4) is 0 Å². The molecular formula is C16H17N7. The van der Waals surface area contributed by atoms with Crippen LogP contribution < -0.4 is 5.32 Å². The summed E-state index contributed by atoms with van der Waals surface area (Å²) in [7, 11) is 0. The topological polar surface area (TPSA) is 72.4 Å². The maximum absolute atomic E-state index is 4.58. The molecule has 0 saturated carbocycles. The van der Waals surface area contributed by atoms with Crippen LogP contribution in [0.5, 0.6) is 0 Å². The van der Waals surface area contributed by atoms with Gasteiger partial charge in [-0.2, -0.15) is 9.61 Å². The largest absolute Gasteiger partial charge is 0.363 e. The summed E-state index contributed by atoms with van der Waals surface area (Å²) in [5, 5.41) is 16.4. The molecule has 0 aliphatic carbocycles. The number of aromatic nitrogens is 6. The first kappa shape index (κ1) is 13.7. The molecule has 0 aliphatic heterocycles. The Labute approximate surface area is 133 Å². The van der Waals surface area contributed by atoms with Crippen molar-refractivity contribution >= 4 is 17.1 Å². The first-order valence-electron chi connectivity index (χ1n) is 7.49. The number of hydrogen-bond donors (Lipinski definition) is 1. The van der Waals surface area contributed by atoms with Crippen molar-refractivity contribution in [3.63, 3.8) is 0 Å². The lowest BCUT2D eigenvalue weighted by Crippen LogP contribution is -2.09. The normalized spacial score (nSPS) is 11.4. The molecule has 1 N–H and O–H groups in total. The van der Waals surface area contributed by atoms with Crippen LogP contribution in [0, 0.1) is 20.8 Å². The quantitative estimate of drug-likeness (QED) is 0.629. The molecule has 4 rings (SSSR count). The van der Waals surface area contributed by atoms with Crippen LogP contribution >= 0.6 is 0 Å². The van der Waals surface area contributed by atoms with Crippen LogP contribution in [0.25, 0.3) is 11.3 Å². The summed E-state index contributed by atoms with van der Waals surface area (Å²) in [6.45, 7) is 6.58. The molecule has 0 spiro atoms. The minimum absolute atomic E-state index is 0.557. The first-order valence-corrected chi connectivity index (χ1v) is 7.49. The highest BCUT2D eigenvalue weighted by Gasteiger charge is 2.12. The molecular weight excluding hydrogens is 290 g/mol. The van der Waals surface area contributed by atoms with Crippen molar-refractivity contribution in [1.29, 1.82) is 0 Å². The molecule has 4 aromatic rings. The van der Waals surface area contributed by atoms with Crippen LogP contribution in [-0.4, -0.2) is 29.2 Å². The van der Waals surface area contributed by atoms with Crippen molar-refractivity contribution < 1.29 is 0 Å². The van der Waals surface area contributed by atoms with E-state index in [2.05, 4.69) is 25.6 Å². The number of nitrogens with zero attached hydrogens (tertiary/aromatic N) is 6. The van der Waals surface area contributed by atoms with Crippen LogP contribution in [0.1, 0.15) is 22.8 Å². The van der Waals surface area contributed by atoms with Gasteiger partial charge >= 0.3 is 0 Å². The fraction of sp³-hybridized carbons (Fsp3) is 0.250. The number of rotatable bonds is 3. The van der Waals surface area contributed by atoms with Gasteiger partial charge in [-0.25, -0.2) is 4.98 Å². The fourth-order valence-corrected chi connectivity index (χ4v) is 2.66. The maximum atomic E-state index is 4.58. The van der Waals surface area contributed by atoms with E-state index in [1.54, 1.807) is 0 Å². The van der Waals surface area contributed by atoms with Gasteiger partial charge in [-0.1, -0.05) is 6.07 Å². The zero-order chi connectivity index (χ0) is 16.0. The summed E-state index contributed by atoms with van der Waals surface area (Å²) in [5.41, 5.74) is 4.76. The van der Waals surface area contributed by atoms with E-state index >= 15 is 0 Å². The molecule has 4 aromatic heterocycles. The number of pyridine rings is 1. The van der Waals surface area contributed by atoms with E-state index in [1.165, 1.54) is 0 Å². The van der Waals surface area contributed by atoms with Gasteiger partial charge in [0.2, 0.25) is 0 Å². The third kappa shape index (κ3) is 2.21. The Morgan fingerprint density at radius 2 is 2.00 bits per heavy atom. The summed E-state index contributed by atoms with van der Waals surface area (Å²) in [6, 6.07) is 7.84. The van der Waals surface area contributed by atoms with Crippen LogP contribution in [0.4, 0.5) is 5.82 Å². The minimum Gasteiger partial charge on any atom is -0.363 e. The van der Waals surface area contributed by atoms with Crippen LogP contribution in [-0.2, 0) is 6.54 Å². The molecule has 4 heterocycles. The first-order chi connectivity index (χ1) is 11.1. The van der Waals surface area contributed by atoms with E-state index in [-0.39, 0.29) is 0 Å². The smallest absolute Gasteiger partial charge is 0.160 e. The van der Waals surface area contributed by atoms with Gasteiger partial charge in [-0.15, -0.1) is 10.2 Å². The highest BCUT2D eigenvalue weighted by Crippen LogP contribution is 2.18. The summed E-state index contributed by atoms with van der Waals surface area (Å²) in [4.78, 5) is 4.58. The third-order valence-electron chi connectivity index (χ3n) is 4.00. The number of hydrogen-bond acceptors (Lipinski definition) is 5. The second kappa shape index (κ2) is 5.05. The Morgan fingerprint density at radius 1 is 1.13 bits per heavy atom. The lowest BCUT2D eigenvalue weighted by atomic mass is 10.3. The molecule has 0 unspecified atom stereocenters. The van der Waals surface area contributed by atoms with E-state index < -0.39 is 0 Å². The van der Waals surface area contributed by atoms with Crippen LogP contribution in [0.2, 0.25) is 0 Å². The molecule has 0 saturated heterocycles. The molecule has 7 nitrogen and oxygen atoms in total. The summed E-state index contributed by atoms with van der Waals surface area (Å²) in [6.07, 6.45) is 1.96. The lowest BCUT2D eigenvalue weighted by Gasteiger charge is -2.08. The van der Waals surface area contributed by atoms with Gasteiger partial charge in [0.25, 0.3) is 0 Å². The minimum atomic E-state index is 0.557. The average Bonchev–Trinajstić information content (AvgIpc) is 3.08. The Bertz CT molecular complexity index is 1010. The summed E-state index contributed by atoms with van der Waals surface area (Å²) >= 11 is 0. The fourth-order valence-electron chi connectivity index (χ4n) is 2.66. The Hall–Kier alpha value is -2.96. The second-order valence-corrected chi connectivity index (χ2v) is 5.63. The van der Waals surface area contributed by atoms with E-state index in [9.17, 15) is 0 Å². The number of fused-ring (bicyclic) bond motifs is 2. The van der Waals surface area contributed by atoms with Gasteiger partial charge in [-0.3, -0.25) is 4.40 Å². The number of nitrogens with one attached hydrogen (secondary N) is 1. The SMILES string of the molecule is Cc1cc(NCc2nnc3ccccn23)n2nc(C)c(C)c2n1. The molecule has 0 atom stereocenters. The van der Waals surface area contributed by atoms with Crippen molar-refractivity contribution in [3.05, 3.63) is 53.2 Å². The van der Waals surface area contributed by atoms with Crippen molar-refractivity contribution in [1.82, 2.24) is 29.2 Å². The zero-order valence-electron chi connectivity index (χ0n) is 13.3. The maximum Gasteiger partial charge on any atom is 0.160 e. The van der Waals surface area contributed by atoms with Gasteiger partial charge in [0.05, 0.1) is 12.2 Å². The molecule has 0 bridgehead atoms. The van der Waals surface area contributed by atoms with Crippen molar-refractivity contribution in [2.75, 3.05) is 5.32 Å². The van der Waals surface area contributed by atoms with Crippen molar-refractivity contribution in [2.45, 2.75) is 27.3 Å². The second-order valence-electron chi connectivity index (χ2n) is 5.63. The van der Waals surface area contributed by atoms with Gasteiger partial charge in [0, 0.05) is 23.5 Å². The molecule has 0 radical (unpaired) electrons. The van der Waals surface area contributed by atoms with E-state index in [1.807, 2.05) is 60.1 Å². The predicted molar refractivity (Wildman–Crippen MR) is 87.5 cm³/mol. The summed E-state index contributed by atoms with van der Waals surface area (Å²) < 4.78 is 3.82. The molecule has 23 heavy (non-hydrogen) atoms. The number of aryl methyl sites for hydroxylation is 3. The van der Waals surface area contributed by atoms with E-state index in [0.717, 1.165) is 39.9 Å². The molecule has 0 fully saturated rings. The Kier molecular flexibility index (Phi) is 3.00. The van der Waals surface area contributed by atoms with Crippen molar-refractivity contribution in [2.24, 2.45) is 0 Å². The molecule has 0 amide bonds. The predicted octanol–water partition coefficient (Wildman–Crippen LogP) is 2.31. The molecule has 116 valence electrons. The van der Waals surface area contributed by atoms with Gasteiger partial charge in [-0.05, 0) is 32.9 Å². The molecule has 0 aromatic carbocycles. The Morgan fingerprint density at radius 3 is 2.87 bits per heavy atom. The standard InChI is InChI=1S/C16H17N7/c1-10-8-14(23-16(18-10)11(2)12(3)21-23)17-9-15-20-19-13-6-4-5-7-22(13)15/h4-8,17H,9H2,1-3H3. The van der Waals surface area contributed by atoms with E-state index in [4.69, 9.17) is 0 Å². The summed E-state index contributed by atoms with van der Waals surface area (Å²) in [5.74, 6) is 1.75. The lowest BCUT2D eigenvalue weighted by molar-refractivity contribution is 0.869. The van der Waals surface area contributed by atoms with Gasteiger partial charge in [0.1, 0.15) is 5.82 Å². The molecule has 7 heteroatoms.